The molecule has 2 amide bonds. The number of imide groups is 1. The van der Waals surface area contributed by atoms with Gasteiger partial charge in [-0.15, -0.1) is 0 Å². The lowest BCUT2D eigenvalue weighted by atomic mass is 10.1. The molecule has 0 aliphatic carbocycles. The number of amides is 2. The van der Waals surface area contributed by atoms with Crippen LogP contribution in [0.3, 0.4) is 0 Å². The minimum atomic E-state index is -0.261. The van der Waals surface area contributed by atoms with Crippen molar-refractivity contribution in [3.63, 3.8) is 0 Å². The quantitative estimate of drug-likeness (QED) is 0.665. The van der Waals surface area contributed by atoms with Gasteiger partial charge in [0.15, 0.2) is 0 Å². The fourth-order valence-corrected chi connectivity index (χ4v) is 3.73. The highest BCUT2D eigenvalue weighted by atomic mass is 32.2. The number of ether oxygens (including phenoxy) is 2. The fraction of sp³-hybridized carbons (Fsp3) is 0.238. The lowest BCUT2D eigenvalue weighted by Crippen LogP contribution is -2.29. The molecule has 2 aromatic carbocycles. The minimum Gasteiger partial charge on any atom is -0.497 e. The number of hydrogen-bond acceptors (Lipinski definition) is 5. The van der Waals surface area contributed by atoms with Crippen LogP contribution in [0.25, 0.3) is 6.08 Å². The van der Waals surface area contributed by atoms with Crippen LogP contribution in [0, 0.1) is 0 Å². The van der Waals surface area contributed by atoms with Crippen LogP contribution >= 0.6 is 11.8 Å². The smallest absolute Gasteiger partial charge is 0.293 e. The lowest BCUT2D eigenvalue weighted by Gasteiger charge is -2.12. The Morgan fingerprint density at radius 3 is 2.52 bits per heavy atom. The average molecular weight is 383 g/mol. The molecule has 0 bridgehead atoms. The summed E-state index contributed by atoms with van der Waals surface area (Å²) in [6.07, 6.45) is 3.24. The highest BCUT2D eigenvalue weighted by molar-refractivity contribution is 8.18. The van der Waals surface area contributed by atoms with Gasteiger partial charge in [0.05, 0.1) is 19.1 Å². The van der Waals surface area contributed by atoms with Gasteiger partial charge in [0, 0.05) is 12.1 Å². The first-order chi connectivity index (χ1) is 13.1. The van der Waals surface area contributed by atoms with Crippen LogP contribution in [-0.4, -0.2) is 36.8 Å². The molecule has 6 heteroatoms. The molecule has 0 N–H and O–H groups in total. The maximum atomic E-state index is 12.7. The monoisotopic (exact) mass is 383 g/mol. The highest BCUT2D eigenvalue weighted by Crippen LogP contribution is 2.35. The fourth-order valence-electron chi connectivity index (χ4n) is 2.87. The SMILES string of the molecule is COc1ccc(OC)c(/C=C2/SC(=O)N(CCCc3ccccc3)C2=O)c1. The van der Waals surface area contributed by atoms with E-state index in [0.29, 0.717) is 28.5 Å². The Kier molecular flexibility index (Phi) is 6.19. The normalized spacial score (nSPS) is 15.5. The highest BCUT2D eigenvalue weighted by Gasteiger charge is 2.34. The topological polar surface area (TPSA) is 55.8 Å². The Hall–Kier alpha value is -2.73. The molecule has 0 saturated carbocycles. The van der Waals surface area contributed by atoms with E-state index in [1.54, 1.807) is 38.5 Å². The van der Waals surface area contributed by atoms with Crippen LogP contribution in [0.15, 0.2) is 53.4 Å². The van der Waals surface area contributed by atoms with Crippen molar-refractivity contribution in [2.45, 2.75) is 12.8 Å². The van der Waals surface area contributed by atoms with Crippen LogP contribution in [0.5, 0.6) is 11.5 Å². The number of carbonyl (C=O) groups is 2. The minimum absolute atomic E-state index is 0.235. The molecule has 27 heavy (non-hydrogen) atoms. The number of rotatable bonds is 7. The van der Waals surface area contributed by atoms with E-state index in [0.717, 1.165) is 24.6 Å². The van der Waals surface area contributed by atoms with Gasteiger partial charge in [-0.25, -0.2) is 0 Å². The average Bonchev–Trinajstić information content (AvgIpc) is 2.96. The molecular formula is C21H21NO4S. The molecule has 1 aliphatic rings. The summed E-state index contributed by atoms with van der Waals surface area (Å²) in [4.78, 5) is 26.6. The summed E-state index contributed by atoms with van der Waals surface area (Å²) in [7, 11) is 3.14. The number of methoxy groups -OCH3 is 2. The molecule has 5 nitrogen and oxygen atoms in total. The Morgan fingerprint density at radius 2 is 1.81 bits per heavy atom. The molecular weight excluding hydrogens is 362 g/mol. The first-order valence-electron chi connectivity index (χ1n) is 8.63. The van der Waals surface area contributed by atoms with Gasteiger partial charge in [0.1, 0.15) is 11.5 Å². The Bertz CT molecular complexity index is 864. The predicted molar refractivity (Wildman–Crippen MR) is 107 cm³/mol. The van der Waals surface area contributed by atoms with E-state index in [1.807, 2.05) is 30.3 Å². The van der Waals surface area contributed by atoms with Crippen LogP contribution in [0.1, 0.15) is 17.5 Å². The second-order valence-corrected chi connectivity index (χ2v) is 7.02. The lowest BCUT2D eigenvalue weighted by molar-refractivity contribution is -0.122. The Balaban J connectivity index is 1.71. The summed E-state index contributed by atoms with van der Waals surface area (Å²) in [5, 5.41) is -0.235. The zero-order valence-electron chi connectivity index (χ0n) is 15.3. The Morgan fingerprint density at radius 1 is 1.04 bits per heavy atom. The van der Waals surface area contributed by atoms with E-state index in [9.17, 15) is 9.59 Å². The third kappa shape index (κ3) is 4.52. The van der Waals surface area contributed by atoms with E-state index in [4.69, 9.17) is 9.47 Å². The van der Waals surface area contributed by atoms with E-state index in [2.05, 4.69) is 0 Å². The number of benzene rings is 2. The van der Waals surface area contributed by atoms with Gasteiger partial charge in [-0.2, -0.15) is 0 Å². The van der Waals surface area contributed by atoms with E-state index < -0.39 is 0 Å². The predicted octanol–water partition coefficient (Wildman–Crippen LogP) is 4.37. The van der Waals surface area contributed by atoms with Gasteiger partial charge < -0.3 is 9.47 Å². The maximum Gasteiger partial charge on any atom is 0.293 e. The molecule has 0 unspecified atom stereocenters. The van der Waals surface area contributed by atoms with Gasteiger partial charge in [0.2, 0.25) is 0 Å². The maximum absolute atomic E-state index is 12.7. The van der Waals surface area contributed by atoms with Crippen molar-refractivity contribution in [1.29, 1.82) is 0 Å². The van der Waals surface area contributed by atoms with Crippen LogP contribution < -0.4 is 9.47 Å². The molecule has 2 aromatic rings. The molecule has 1 aliphatic heterocycles. The summed E-state index contributed by atoms with van der Waals surface area (Å²) in [6, 6.07) is 15.4. The van der Waals surface area contributed by atoms with Crippen molar-refractivity contribution < 1.29 is 19.1 Å². The van der Waals surface area contributed by atoms with Gasteiger partial charge in [0.25, 0.3) is 11.1 Å². The van der Waals surface area contributed by atoms with Crippen molar-refractivity contribution in [3.05, 3.63) is 64.6 Å². The summed E-state index contributed by atoms with van der Waals surface area (Å²) < 4.78 is 10.6. The number of carbonyl (C=O) groups excluding carboxylic acids is 2. The number of nitrogens with zero attached hydrogens (tertiary/aromatic N) is 1. The molecule has 1 saturated heterocycles. The molecule has 0 aromatic heterocycles. The van der Waals surface area contributed by atoms with E-state index in [-0.39, 0.29) is 11.1 Å². The third-order valence-corrected chi connectivity index (χ3v) is 5.19. The molecule has 0 atom stereocenters. The van der Waals surface area contributed by atoms with Crippen molar-refractivity contribution in [2.24, 2.45) is 0 Å². The summed E-state index contributed by atoms with van der Waals surface area (Å²) >= 11 is 0.958. The molecule has 3 rings (SSSR count). The summed E-state index contributed by atoms with van der Waals surface area (Å²) in [5.74, 6) is 1.01. The van der Waals surface area contributed by atoms with Crippen LogP contribution in [0.4, 0.5) is 4.79 Å². The van der Waals surface area contributed by atoms with Crippen molar-refractivity contribution in [2.75, 3.05) is 20.8 Å². The standard InChI is InChI=1S/C21H21NO4S/c1-25-17-10-11-18(26-2)16(13-17)14-19-20(23)22(21(24)27-19)12-6-9-15-7-4-3-5-8-15/h3-5,7-8,10-11,13-14H,6,9,12H2,1-2H3/b19-14+. The first kappa shape index (κ1) is 19.0. The van der Waals surface area contributed by atoms with Crippen molar-refractivity contribution in [1.82, 2.24) is 4.90 Å². The summed E-state index contributed by atoms with van der Waals surface area (Å²) in [5.41, 5.74) is 1.90. The van der Waals surface area contributed by atoms with Gasteiger partial charge in [-0.05, 0) is 54.4 Å². The third-order valence-electron chi connectivity index (χ3n) is 4.29. The van der Waals surface area contributed by atoms with Gasteiger partial charge in [-0.1, -0.05) is 30.3 Å². The van der Waals surface area contributed by atoms with Gasteiger partial charge >= 0.3 is 0 Å². The molecule has 0 spiro atoms. The van der Waals surface area contributed by atoms with Crippen molar-refractivity contribution >= 4 is 29.0 Å². The molecule has 0 radical (unpaired) electrons. The first-order valence-corrected chi connectivity index (χ1v) is 9.45. The molecule has 140 valence electrons. The second kappa shape index (κ2) is 8.77. The molecule has 1 heterocycles. The number of aryl methyl sites for hydroxylation is 1. The van der Waals surface area contributed by atoms with Crippen molar-refractivity contribution in [3.8, 4) is 11.5 Å². The van der Waals surface area contributed by atoms with Crippen LogP contribution in [-0.2, 0) is 11.2 Å². The van der Waals surface area contributed by atoms with E-state index >= 15 is 0 Å². The van der Waals surface area contributed by atoms with Crippen LogP contribution in [0.2, 0.25) is 0 Å². The zero-order chi connectivity index (χ0) is 19.2. The number of thioether (sulfide) groups is 1. The number of hydrogen-bond donors (Lipinski definition) is 0. The van der Waals surface area contributed by atoms with Gasteiger partial charge in [-0.3, -0.25) is 14.5 Å². The van der Waals surface area contributed by atoms with E-state index in [1.165, 1.54) is 10.5 Å². The Labute approximate surface area is 163 Å². The summed E-state index contributed by atoms with van der Waals surface area (Å²) in [6.45, 7) is 0.409. The second-order valence-electron chi connectivity index (χ2n) is 6.03. The molecule has 1 fully saturated rings. The largest absolute Gasteiger partial charge is 0.497 e. The zero-order valence-corrected chi connectivity index (χ0v) is 16.1.